The van der Waals surface area contributed by atoms with Crippen LogP contribution in [0, 0.1) is 6.92 Å². The fraction of sp³-hybridized carbons (Fsp3) is 0.316. The zero-order valence-corrected chi connectivity index (χ0v) is 16.7. The van der Waals surface area contributed by atoms with E-state index in [2.05, 4.69) is 20.8 Å². The van der Waals surface area contributed by atoms with Crippen LogP contribution in [0.3, 0.4) is 0 Å². The number of rotatable bonds is 5. The summed E-state index contributed by atoms with van der Waals surface area (Å²) in [7, 11) is 1.76. The van der Waals surface area contributed by atoms with E-state index in [1.807, 2.05) is 6.92 Å². The number of likely N-dealkylation sites (N-methyl/N-ethyl adjacent to an activating group) is 1. The number of benzene rings is 1. The molecule has 156 valence electrons. The number of carbonyl (C=O) groups is 1. The fourth-order valence-electron chi connectivity index (χ4n) is 2.81. The average Bonchev–Trinajstić information content (AvgIpc) is 3.05. The van der Waals surface area contributed by atoms with Gasteiger partial charge in [0, 0.05) is 18.2 Å². The number of aromatic nitrogens is 2. The minimum absolute atomic E-state index is 0. The van der Waals surface area contributed by atoms with Gasteiger partial charge in [-0.15, -0.1) is 12.4 Å². The van der Waals surface area contributed by atoms with Gasteiger partial charge in [0.25, 0.3) is 11.6 Å². The molecule has 2 N–H and O–H groups in total. The average molecular weight is 429 g/mol. The number of pyridine rings is 1. The predicted octanol–water partition coefficient (Wildman–Crippen LogP) is 3.98. The van der Waals surface area contributed by atoms with Crippen molar-refractivity contribution >= 4 is 29.4 Å². The summed E-state index contributed by atoms with van der Waals surface area (Å²) in [5, 5.41) is 9.94. The first-order valence-corrected chi connectivity index (χ1v) is 8.61. The first-order valence-electron chi connectivity index (χ1n) is 8.61. The van der Waals surface area contributed by atoms with E-state index < -0.39 is 17.6 Å². The second-order valence-corrected chi connectivity index (χ2v) is 6.45. The number of aryl methyl sites for hydroxylation is 1. The zero-order valence-electron chi connectivity index (χ0n) is 15.9. The Kier molecular flexibility index (Phi) is 6.86. The third-order valence-electron chi connectivity index (χ3n) is 4.43. The van der Waals surface area contributed by atoms with Crippen LogP contribution in [0.5, 0.6) is 0 Å². The molecule has 0 saturated heterocycles. The second-order valence-electron chi connectivity index (χ2n) is 6.45. The Labute approximate surface area is 171 Å². The molecule has 10 heteroatoms. The number of fused-ring (bicyclic) bond motifs is 1. The first-order chi connectivity index (χ1) is 13.2. The maximum Gasteiger partial charge on any atom is 0.417 e. The van der Waals surface area contributed by atoms with Crippen molar-refractivity contribution in [3.8, 4) is 11.3 Å². The number of halogens is 4. The minimum Gasteiger partial charge on any atom is -0.350 e. The topological polar surface area (TPSA) is 80.0 Å². The molecule has 1 aromatic carbocycles. The van der Waals surface area contributed by atoms with Gasteiger partial charge in [0.05, 0.1) is 27.9 Å². The Morgan fingerprint density at radius 3 is 2.62 bits per heavy atom. The normalized spacial score (nSPS) is 12.5. The Bertz CT molecular complexity index is 1020. The van der Waals surface area contributed by atoms with Gasteiger partial charge in [-0.3, -0.25) is 4.79 Å². The lowest BCUT2D eigenvalue weighted by atomic mass is 10.0. The van der Waals surface area contributed by atoms with Crippen LogP contribution in [0.15, 0.2) is 34.9 Å². The van der Waals surface area contributed by atoms with Gasteiger partial charge in [-0.2, -0.15) is 13.2 Å². The molecule has 2 aromatic heterocycles. The molecule has 0 aliphatic carbocycles. The molecule has 0 aliphatic heterocycles. The Hall–Kier alpha value is -2.65. The van der Waals surface area contributed by atoms with E-state index in [9.17, 15) is 18.0 Å². The maximum atomic E-state index is 13.4. The number of carbonyl (C=O) groups excluding carboxylic acids is 1. The molecule has 0 spiro atoms. The summed E-state index contributed by atoms with van der Waals surface area (Å²) in [6.45, 7) is 3.87. The lowest BCUT2D eigenvalue weighted by Gasteiger charge is -2.14. The van der Waals surface area contributed by atoms with Crippen molar-refractivity contribution in [2.24, 2.45) is 0 Å². The highest BCUT2D eigenvalue weighted by atomic mass is 35.5. The molecule has 6 nitrogen and oxygen atoms in total. The van der Waals surface area contributed by atoms with Gasteiger partial charge in [-0.1, -0.05) is 23.4 Å². The Balaban J connectivity index is 0.00000300. The van der Waals surface area contributed by atoms with Gasteiger partial charge >= 0.3 is 6.18 Å². The summed E-state index contributed by atoms with van der Waals surface area (Å²) in [5.74, 6) is -0.438. The molecule has 3 rings (SSSR count). The molecule has 3 aromatic rings. The molecule has 0 saturated carbocycles. The van der Waals surface area contributed by atoms with E-state index in [4.69, 9.17) is 4.52 Å². The van der Waals surface area contributed by atoms with E-state index in [1.165, 1.54) is 24.3 Å². The number of alkyl halides is 3. The van der Waals surface area contributed by atoms with Crippen LogP contribution in [-0.4, -0.2) is 35.7 Å². The number of hydrogen-bond acceptors (Lipinski definition) is 5. The second kappa shape index (κ2) is 8.79. The minimum atomic E-state index is -4.56. The van der Waals surface area contributed by atoms with Crippen LogP contribution in [0.1, 0.15) is 28.5 Å². The first kappa shape index (κ1) is 22.6. The summed E-state index contributed by atoms with van der Waals surface area (Å²) in [6, 6.07) is 6.44. The van der Waals surface area contributed by atoms with Crippen molar-refractivity contribution in [1.82, 2.24) is 20.8 Å². The Morgan fingerprint density at radius 2 is 1.97 bits per heavy atom. The predicted molar refractivity (Wildman–Crippen MR) is 105 cm³/mol. The van der Waals surface area contributed by atoms with Gasteiger partial charge < -0.3 is 15.2 Å². The number of hydrogen-bond donors (Lipinski definition) is 2. The van der Waals surface area contributed by atoms with E-state index >= 15 is 0 Å². The van der Waals surface area contributed by atoms with Crippen molar-refractivity contribution in [2.75, 3.05) is 13.6 Å². The van der Waals surface area contributed by atoms with E-state index in [-0.39, 0.29) is 41.0 Å². The maximum absolute atomic E-state index is 13.4. The zero-order chi connectivity index (χ0) is 20.5. The standard InChI is InChI=1S/C19H19F3N4O2.ClH/c1-10(23-3)9-24-17(27)13-8-15(25-18-16(13)11(2)26-28-18)12-6-4-5-7-14(12)19(20,21)22;/h4-8,10,23H,9H2,1-3H3,(H,24,27);1H. The van der Waals surface area contributed by atoms with Gasteiger partial charge in [0.15, 0.2) is 0 Å². The molecule has 2 heterocycles. The lowest BCUT2D eigenvalue weighted by Crippen LogP contribution is -2.37. The summed E-state index contributed by atoms with van der Waals surface area (Å²) in [5.41, 5.74) is -0.372. The molecule has 29 heavy (non-hydrogen) atoms. The summed E-state index contributed by atoms with van der Waals surface area (Å²) < 4.78 is 45.4. The SMILES string of the molecule is CNC(C)CNC(=O)c1cc(-c2ccccc2C(F)(F)F)nc2onc(C)c12.Cl. The molecule has 1 amide bonds. The van der Waals surface area contributed by atoms with Crippen LogP contribution < -0.4 is 10.6 Å². The highest BCUT2D eigenvalue weighted by Crippen LogP contribution is 2.37. The van der Waals surface area contributed by atoms with E-state index in [0.717, 1.165) is 6.07 Å². The highest BCUT2D eigenvalue weighted by molar-refractivity contribution is 6.07. The number of nitrogens with zero attached hydrogens (tertiary/aromatic N) is 2. The van der Waals surface area contributed by atoms with Crippen molar-refractivity contribution in [3.63, 3.8) is 0 Å². The van der Waals surface area contributed by atoms with Gasteiger partial charge in [0.1, 0.15) is 0 Å². The van der Waals surface area contributed by atoms with Crippen molar-refractivity contribution < 1.29 is 22.5 Å². The molecular weight excluding hydrogens is 409 g/mol. The van der Waals surface area contributed by atoms with E-state index in [1.54, 1.807) is 14.0 Å². The quantitative estimate of drug-likeness (QED) is 0.642. The lowest BCUT2D eigenvalue weighted by molar-refractivity contribution is -0.137. The van der Waals surface area contributed by atoms with Crippen LogP contribution in [0.4, 0.5) is 13.2 Å². The third-order valence-corrected chi connectivity index (χ3v) is 4.43. The molecule has 0 fully saturated rings. The fourth-order valence-corrected chi connectivity index (χ4v) is 2.81. The third kappa shape index (κ3) is 4.68. The molecular formula is C19H20ClF3N4O2. The summed E-state index contributed by atoms with van der Waals surface area (Å²) in [6.07, 6.45) is -4.56. The number of amides is 1. The molecule has 0 aliphatic rings. The van der Waals surface area contributed by atoms with Crippen molar-refractivity contribution in [2.45, 2.75) is 26.1 Å². The number of nitrogens with one attached hydrogen (secondary N) is 2. The van der Waals surface area contributed by atoms with E-state index in [0.29, 0.717) is 17.6 Å². The van der Waals surface area contributed by atoms with Crippen LogP contribution in [0.2, 0.25) is 0 Å². The monoisotopic (exact) mass is 428 g/mol. The Morgan fingerprint density at radius 1 is 1.28 bits per heavy atom. The summed E-state index contributed by atoms with van der Waals surface area (Å²) in [4.78, 5) is 16.9. The van der Waals surface area contributed by atoms with Gasteiger partial charge in [-0.25, -0.2) is 4.98 Å². The van der Waals surface area contributed by atoms with Crippen LogP contribution >= 0.6 is 12.4 Å². The molecule has 0 bridgehead atoms. The smallest absolute Gasteiger partial charge is 0.350 e. The van der Waals surface area contributed by atoms with Crippen LogP contribution in [0.25, 0.3) is 22.4 Å². The van der Waals surface area contributed by atoms with Gasteiger partial charge in [-0.05, 0) is 33.0 Å². The molecule has 1 atom stereocenters. The van der Waals surface area contributed by atoms with Crippen molar-refractivity contribution in [3.05, 3.63) is 47.2 Å². The van der Waals surface area contributed by atoms with Crippen LogP contribution in [-0.2, 0) is 6.18 Å². The molecule has 1 unspecified atom stereocenters. The van der Waals surface area contributed by atoms with Gasteiger partial charge in [0.2, 0.25) is 0 Å². The molecule has 0 radical (unpaired) electrons. The largest absolute Gasteiger partial charge is 0.417 e. The highest BCUT2D eigenvalue weighted by Gasteiger charge is 2.34. The summed E-state index contributed by atoms with van der Waals surface area (Å²) >= 11 is 0. The van der Waals surface area contributed by atoms with Crippen molar-refractivity contribution in [1.29, 1.82) is 0 Å².